The molecule has 1 N–H and O–H groups in total. The number of nitrogens with one attached hydrogen (secondary N) is 1. The third-order valence-corrected chi connectivity index (χ3v) is 4.58. The Hall–Kier alpha value is -2.45. The van der Waals surface area contributed by atoms with Crippen LogP contribution in [-0.4, -0.2) is 34.8 Å². The van der Waals surface area contributed by atoms with E-state index in [1.807, 2.05) is 36.6 Å². The van der Waals surface area contributed by atoms with Gasteiger partial charge in [0.05, 0.1) is 19.9 Å². The predicted octanol–water partition coefficient (Wildman–Crippen LogP) is 3.88. The fraction of sp³-hybridized carbons (Fsp3) is 0.235. The Morgan fingerprint density at radius 2 is 2.24 bits per heavy atom. The van der Waals surface area contributed by atoms with E-state index in [-0.39, 0.29) is 0 Å². The Morgan fingerprint density at radius 3 is 2.96 bits per heavy atom. The van der Waals surface area contributed by atoms with Gasteiger partial charge in [0.1, 0.15) is 0 Å². The van der Waals surface area contributed by atoms with Crippen LogP contribution in [0.25, 0.3) is 0 Å². The summed E-state index contributed by atoms with van der Waals surface area (Å²) in [6, 6.07) is 9.73. The van der Waals surface area contributed by atoms with E-state index in [0.29, 0.717) is 29.3 Å². The first-order valence-corrected chi connectivity index (χ1v) is 9.04. The molecule has 0 atom stereocenters. The summed E-state index contributed by atoms with van der Waals surface area (Å²) < 4.78 is 13.0. The molecule has 0 aliphatic heterocycles. The minimum atomic E-state index is 0.460. The largest absolute Gasteiger partial charge is 0.493 e. The minimum absolute atomic E-state index is 0.460. The topological polar surface area (TPSA) is 64.4 Å². The average molecular weight is 374 g/mol. The molecule has 0 fully saturated rings. The zero-order valence-corrected chi connectivity index (χ0v) is 15.6. The number of rotatable bonds is 7. The number of hydrogen-bond acceptors (Lipinski definition) is 6. The van der Waals surface area contributed by atoms with Crippen LogP contribution in [0.3, 0.4) is 0 Å². The number of nitrogens with zero attached hydrogens (tertiary/aromatic N) is 3. The summed E-state index contributed by atoms with van der Waals surface area (Å²) in [7, 11) is 1.62. The van der Waals surface area contributed by atoms with E-state index in [1.54, 1.807) is 29.3 Å². The van der Waals surface area contributed by atoms with Gasteiger partial charge in [0.25, 0.3) is 0 Å². The van der Waals surface area contributed by atoms with E-state index in [4.69, 9.17) is 21.7 Å². The van der Waals surface area contributed by atoms with Gasteiger partial charge in [-0.3, -0.25) is 5.10 Å². The molecular formula is C17H18N4O2S2. The Bertz CT molecular complexity index is 913. The summed E-state index contributed by atoms with van der Waals surface area (Å²) in [6.45, 7) is 2.50. The molecule has 2 aromatic heterocycles. The van der Waals surface area contributed by atoms with Crippen molar-refractivity contribution in [2.75, 3.05) is 13.7 Å². The number of aromatic nitrogens is 3. The molecule has 0 bridgehead atoms. The van der Waals surface area contributed by atoms with Crippen LogP contribution in [-0.2, 0) is 6.42 Å². The average Bonchev–Trinajstić information content (AvgIpc) is 3.24. The molecule has 0 aliphatic rings. The summed E-state index contributed by atoms with van der Waals surface area (Å²) in [4.78, 5) is 1.20. The lowest BCUT2D eigenvalue weighted by molar-refractivity contribution is 0.311. The van der Waals surface area contributed by atoms with Crippen LogP contribution in [0.1, 0.15) is 23.2 Å². The molecule has 0 aliphatic carbocycles. The van der Waals surface area contributed by atoms with Crippen LogP contribution in [0.4, 0.5) is 0 Å². The summed E-state index contributed by atoms with van der Waals surface area (Å²) in [5.41, 5.74) is 0.884. The standard InChI is InChI=1S/C17H18N4O2S2/c1-3-23-15-9-12(6-7-14(15)22-2)11-18-21-16(19-20-17(21)24)10-13-5-4-8-25-13/h4-9,11H,3,10H2,1-2H3,(H,20,24)/b18-11-. The number of thiophene rings is 1. The molecule has 0 radical (unpaired) electrons. The third kappa shape index (κ3) is 4.15. The summed E-state index contributed by atoms with van der Waals surface area (Å²) in [5.74, 6) is 2.14. The van der Waals surface area contributed by atoms with E-state index in [2.05, 4.69) is 21.4 Å². The van der Waals surface area contributed by atoms with Gasteiger partial charge < -0.3 is 9.47 Å². The van der Waals surface area contributed by atoms with Gasteiger partial charge in [0, 0.05) is 11.3 Å². The zero-order valence-electron chi connectivity index (χ0n) is 13.9. The van der Waals surface area contributed by atoms with Gasteiger partial charge in [-0.05, 0) is 54.4 Å². The monoisotopic (exact) mass is 374 g/mol. The molecule has 8 heteroatoms. The van der Waals surface area contributed by atoms with Crippen molar-refractivity contribution in [3.8, 4) is 11.5 Å². The van der Waals surface area contributed by atoms with Gasteiger partial charge in [-0.1, -0.05) is 6.07 Å². The van der Waals surface area contributed by atoms with E-state index in [1.165, 1.54) is 4.88 Å². The Morgan fingerprint density at radius 1 is 1.36 bits per heavy atom. The molecule has 1 aromatic carbocycles. The number of aromatic amines is 1. The molecule has 2 heterocycles. The lowest BCUT2D eigenvalue weighted by atomic mass is 10.2. The van der Waals surface area contributed by atoms with Crippen LogP contribution >= 0.6 is 23.6 Å². The quantitative estimate of drug-likeness (QED) is 0.503. The highest BCUT2D eigenvalue weighted by molar-refractivity contribution is 7.71. The number of H-pyrrole nitrogens is 1. The summed E-state index contributed by atoms with van der Waals surface area (Å²) >= 11 is 6.96. The van der Waals surface area contributed by atoms with Gasteiger partial charge >= 0.3 is 0 Å². The fourth-order valence-corrected chi connectivity index (χ4v) is 3.19. The normalized spacial score (nSPS) is 11.1. The number of hydrogen-bond donors (Lipinski definition) is 1. The number of methoxy groups -OCH3 is 1. The fourth-order valence-electron chi connectivity index (χ4n) is 2.29. The second kappa shape index (κ2) is 8.09. The SMILES string of the molecule is CCOc1cc(/C=N\n2c(Cc3cccs3)n[nH]c2=S)ccc1OC. The highest BCUT2D eigenvalue weighted by Crippen LogP contribution is 2.27. The molecule has 0 saturated carbocycles. The van der Waals surface area contributed by atoms with Gasteiger partial charge in [0.15, 0.2) is 17.3 Å². The van der Waals surface area contributed by atoms with Crippen molar-refractivity contribution >= 4 is 29.8 Å². The van der Waals surface area contributed by atoms with Crippen LogP contribution in [0.5, 0.6) is 11.5 Å². The van der Waals surface area contributed by atoms with E-state index < -0.39 is 0 Å². The van der Waals surface area contributed by atoms with Crippen molar-refractivity contribution in [1.29, 1.82) is 0 Å². The van der Waals surface area contributed by atoms with Gasteiger partial charge in [-0.25, -0.2) is 0 Å². The number of benzene rings is 1. The molecular weight excluding hydrogens is 356 g/mol. The molecule has 0 unspecified atom stereocenters. The van der Waals surface area contributed by atoms with Crippen molar-refractivity contribution in [2.24, 2.45) is 5.10 Å². The second-order valence-electron chi connectivity index (χ2n) is 5.10. The van der Waals surface area contributed by atoms with Gasteiger partial charge in [-0.15, -0.1) is 11.3 Å². The molecule has 3 aromatic rings. The summed E-state index contributed by atoms with van der Waals surface area (Å²) in [5, 5.41) is 13.6. The van der Waals surface area contributed by atoms with Crippen molar-refractivity contribution < 1.29 is 9.47 Å². The van der Waals surface area contributed by atoms with Crippen LogP contribution in [0.2, 0.25) is 0 Å². The lowest BCUT2D eigenvalue weighted by Crippen LogP contribution is -2.00. The Balaban J connectivity index is 1.86. The Labute approximate surface area is 154 Å². The van der Waals surface area contributed by atoms with Crippen LogP contribution < -0.4 is 9.47 Å². The predicted molar refractivity (Wildman–Crippen MR) is 102 cm³/mol. The highest BCUT2D eigenvalue weighted by Gasteiger charge is 2.08. The molecule has 3 rings (SSSR count). The van der Waals surface area contributed by atoms with Crippen molar-refractivity contribution in [3.63, 3.8) is 0 Å². The molecule has 0 amide bonds. The molecule has 130 valence electrons. The minimum Gasteiger partial charge on any atom is -0.493 e. The highest BCUT2D eigenvalue weighted by atomic mass is 32.1. The van der Waals surface area contributed by atoms with Crippen LogP contribution in [0.15, 0.2) is 40.8 Å². The number of ether oxygens (including phenoxy) is 2. The molecule has 6 nitrogen and oxygen atoms in total. The van der Waals surface area contributed by atoms with Gasteiger partial charge in [-0.2, -0.15) is 14.9 Å². The van der Waals surface area contributed by atoms with E-state index in [0.717, 1.165) is 11.4 Å². The second-order valence-corrected chi connectivity index (χ2v) is 6.52. The zero-order chi connectivity index (χ0) is 17.6. The summed E-state index contributed by atoms with van der Waals surface area (Å²) in [6.07, 6.45) is 2.40. The van der Waals surface area contributed by atoms with Gasteiger partial charge in [0.2, 0.25) is 4.77 Å². The smallest absolute Gasteiger partial charge is 0.216 e. The van der Waals surface area contributed by atoms with Crippen molar-refractivity contribution in [1.82, 2.24) is 14.9 Å². The first-order valence-electron chi connectivity index (χ1n) is 7.75. The lowest BCUT2D eigenvalue weighted by Gasteiger charge is -2.09. The first kappa shape index (κ1) is 17.4. The maximum absolute atomic E-state index is 5.59. The maximum atomic E-state index is 5.59. The third-order valence-electron chi connectivity index (χ3n) is 3.44. The van der Waals surface area contributed by atoms with E-state index in [9.17, 15) is 0 Å². The van der Waals surface area contributed by atoms with Crippen molar-refractivity contribution in [3.05, 3.63) is 56.7 Å². The van der Waals surface area contributed by atoms with E-state index >= 15 is 0 Å². The Kier molecular flexibility index (Phi) is 5.62. The molecule has 25 heavy (non-hydrogen) atoms. The molecule has 0 spiro atoms. The first-order chi connectivity index (χ1) is 12.2. The van der Waals surface area contributed by atoms with Crippen LogP contribution in [0, 0.1) is 4.77 Å². The van der Waals surface area contributed by atoms with Crippen molar-refractivity contribution in [2.45, 2.75) is 13.3 Å². The maximum Gasteiger partial charge on any atom is 0.216 e. The molecule has 0 saturated heterocycles.